The molecule has 2 aromatic carbocycles. The van der Waals surface area contributed by atoms with Crippen molar-refractivity contribution in [1.82, 2.24) is 9.71 Å². The zero-order valence-corrected chi connectivity index (χ0v) is 18.6. The Kier molecular flexibility index (Phi) is 5.45. The Morgan fingerprint density at radius 2 is 2.00 bits per heavy atom. The summed E-state index contributed by atoms with van der Waals surface area (Å²) in [6.45, 7) is 1.33. The van der Waals surface area contributed by atoms with Gasteiger partial charge < -0.3 is 5.32 Å². The first-order chi connectivity index (χ1) is 15.1. The molecule has 1 unspecified atom stereocenters. The Bertz CT molecular complexity index is 1310. The summed E-state index contributed by atoms with van der Waals surface area (Å²) in [4.78, 5) is 17.3. The van der Waals surface area contributed by atoms with Gasteiger partial charge in [0.2, 0.25) is 0 Å². The van der Waals surface area contributed by atoms with Gasteiger partial charge in [-0.05, 0) is 65.4 Å². The molecule has 0 radical (unpaired) electrons. The maximum atomic E-state index is 12.8. The van der Waals surface area contributed by atoms with Crippen molar-refractivity contribution in [3.05, 3.63) is 76.8 Å². The highest BCUT2D eigenvalue weighted by Gasteiger charge is 2.20. The van der Waals surface area contributed by atoms with Gasteiger partial charge in [-0.25, -0.2) is 8.93 Å². The highest BCUT2D eigenvalue weighted by Crippen LogP contribution is 2.36. The van der Waals surface area contributed by atoms with Crippen molar-refractivity contribution in [3.63, 3.8) is 0 Å². The molecule has 5 rings (SSSR count). The largest absolute Gasteiger partial charge is 0.322 e. The van der Waals surface area contributed by atoms with Gasteiger partial charge in [-0.1, -0.05) is 11.6 Å². The topological polar surface area (TPSA) is 74.3 Å². The van der Waals surface area contributed by atoms with Gasteiger partial charge in [-0.2, -0.15) is 0 Å². The quantitative estimate of drug-likeness (QED) is 0.449. The van der Waals surface area contributed by atoms with Crippen LogP contribution in [0, 0.1) is 0 Å². The molecule has 2 aromatic heterocycles. The van der Waals surface area contributed by atoms with Crippen LogP contribution in [-0.4, -0.2) is 28.2 Å². The van der Waals surface area contributed by atoms with Gasteiger partial charge in [-0.15, -0.1) is 11.3 Å². The molecule has 1 fully saturated rings. The molecule has 3 heterocycles. The standard InChI is InChI=1S/C22H17ClN4O2S2/c23-19-6-3-16(13-18(19)20-21-14(7-9-24-20)8-12-30-21)26-22(28)15-1-4-17(5-2-15)27-11-10-25-31(27)29/h1-9,12-13,25H,10-11H2,(H,26,28). The number of fused-ring (bicyclic) bond motifs is 1. The molecule has 1 saturated heterocycles. The first-order valence-corrected chi connectivity index (χ1v) is 11.9. The molecule has 1 atom stereocenters. The first-order valence-electron chi connectivity index (χ1n) is 9.56. The van der Waals surface area contributed by atoms with E-state index in [9.17, 15) is 9.00 Å². The van der Waals surface area contributed by atoms with Gasteiger partial charge >= 0.3 is 0 Å². The van der Waals surface area contributed by atoms with Crippen LogP contribution in [0.2, 0.25) is 5.02 Å². The Morgan fingerprint density at radius 3 is 2.77 bits per heavy atom. The minimum atomic E-state index is -1.23. The predicted molar refractivity (Wildman–Crippen MR) is 128 cm³/mol. The van der Waals surface area contributed by atoms with Crippen molar-refractivity contribution in [2.24, 2.45) is 0 Å². The van der Waals surface area contributed by atoms with Crippen LogP contribution >= 0.6 is 22.9 Å². The average Bonchev–Trinajstić information content (AvgIpc) is 3.44. The summed E-state index contributed by atoms with van der Waals surface area (Å²) < 4.78 is 17.6. The lowest BCUT2D eigenvalue weighted by Crippen LogP contribution is -2.22. The third-order valence-corrected chi connectivity index (χ3v) is 7.52. The first kappa shape index (κ1) is 20.1. The van der Waals surface area contributed by atoms with Crippen LogP contribution in [0.1, 0.15) is 10.4 Å². The third-order valence-electron chi connectivity index (χ3n) is 5.01. The summed E-state index contributed by atoms with van der Waals surface area (Å²) >= 11 is 6.84. The van der Waals surface area contributed by atoms with Crippen molar-refractivity contribution in [2.45, 2.75) is 0 Å². The number of halogens is 1. The van der Waals surface area contributed by atoms with Crippen molar-refractivity contribution >= 4 is 61.5 Å². The number of hydrogen-bond donors (Lipinski definition) is 2. The fraction of sp³-hybridized carbons (Fsp3) is 0.0909. The van der Waals surface area contributed by atoms with E-state index in [1.165, 1.54) is 0 Å². The number of pyridine rings is 1. The summed E-state index contributed by atoms with van der Waals surface area (Å²) in [7, 11) is 0. The lowest BCUT2D eigenvalue weighted by molar-refractivity contribution is 0.102. The van der Waals surface area contributed by atoms with Crippen LogP contribution in [0.15, 0.2) is 66.2 Å². The normalized spacial score (nSPS) is 16.0. The Labute approximate surface area is 190 Å². The third kappa shape index (κ3) is 3.95. The smallest absolute Gasteiger partial charge is 0.255 e. The number of amides is 1. The number of carbonyl (C=O) groups excluding carboxylic acids is 1. The van der Waals surface area contributed by atoms with Crippen molar-refractivity contribution < 1.29 is 9.00 Å². The van der Waals surface area contributed by atoms with Gasteiger partial charge in [-0.3, -0.25) is 14.1 Å². The monoisotopic (exact) mass is 468 g/mol. The minimum absolute atomic E-state index is 0.234. The van der Waals surface area contributed by atoms with Crippen LogP contribution < -0.4 is 14.3 Å². The molecule has 1 aliphatic rings. The van der Waals surface area contributed by atoms with Crippen molar-refractivity contribution in [1.29, 1.82) is 0 Å². The van der Waals surface area contributed by atoms with Crippen molar-refractivity contribution in [2.75, 3.05) is 22.7 Å². The fourth-order valence-corrected chi connectivity index (χ4v) is 5.57. The molecule has 2 N–H and O–H groups in total. The number of hydrogen-bond acceptors (Lipinski definition) is 4. The summed E-state index contributed by atoms with van der Waals surface area (Å²) in [6, 6.07) is 16.4. The van der Waals surface area contributed by atoms with Crippen LogP contribution in [0.4, 0.5) is 11.4 Å². The van der Waals surface area contributed by atoms with E-state index in [4.69, 9.17) is 11.6 Å². The number of aromatic nitrogens is 1. The molecule has 156 valence electrons. The average molecular weight is 469 g/mol. The van der Waals surface area contributed by atoms with Crippen LogP contribution in [-0.2, 0) is 11.2 Å². The van der Waals surface area contributed by atoms with Gasteiger partial charge in [0.15, 0.2) is 11.2 Å². The highest BCUT2D eigenvalue weighted by atomic mass is 35.5. The molecule has 0 bridgehead atoms. The Balaban J connectivity index is 1.39. The van der Waals surface area contributed by atoms with E-state index in [2.05, 4.69) is 15.0 Å². The molecule has 4 aromatic rings. The molecular weight excluding hydrogens is 452 g/mol. The van der Waals surface area contributed by atoms with E-state index < -0.39 is 11.2 Å². The Hall–Kier alpha value is -2.78. The molecule has 0 saturated carbocycles. The molecule has 1 aliphatic heterocycles. The maximum absolute atomic E-state index is 12.8. The van der Waals surface area contributed by atoms with Crippen LogP contribution in [0.5, 0.6) is 0 Å². The van der Waals surface area contributed by atoms with Crippen LogP contribution in [0.25, 0.3) is 21.3 Å². The molecule has 31 heavy (non-hydrogen) atoms. The maximum Gasteiger partial charge on any atom is 0.255 e. The second-order valence-corrected chi connectivity index (χ2v) is 9.49. The summed E-state index contributed by atoms with van der Waals surface area (Å²) in [6.07, 6.45) is 1.76. The van der Waals surface area contributed by atoms with Gasteiger partial charge in [0.25, 0.3) is 5.91 Å². The second kappa shape index (κ2) is 8.39. The van der Waals surface area contributed by atoms with E-state index in [1.807, 2.05) is 23.6 Å². The second-order valence-electron chi connectivity index (χ2n) is 6.94. The highest BCUT2D eigenvalue weighted by molar-refractivity contribution is 7.84. The molecule has 9 heteroatoms. The van der Waals surface area contributed by atoms with Gasteiger partial charge in [0, 0.05) is 36.1 Å². The van der Waals surface area contributed by atoms with E-state index in [0.29, 0.717) is 29.4 Å². The summed E-state index contributed by atoms with van der Waals surface area (Å²) in [5, 5.41) is 6.63. The molecule has 0 spiro atoms. The summed E-state index contributed by atoms with van der Waals surface area (Å²) in [5.41, 5.74) is 3.52. The SMILES string of the molecule is O=C(Nc1ccc(Cl)c(-c2nccc3ccsc23)c1)c1ccc(N2CCNS2=O)cc1. The van der Waals surface area contributed by atoms with E-state index in [1.54, 1.807) is 58.2 Å². The van der Waals surface area contributed by atoms with Crippen LogP contribution in [0.3, 0.4) is 0 Å². The number of carbonyl (C=O) groups is 1. The molecule has 6 nitrogen and oxygen atoms in total. The lowest BCUT2D eigenvalue weighted by atomic mass is 10.1. The number of benzene rings is 2. The number of rotatable bonds is 4. The summed E-state index contributed by atoms with van der Waals surface area (Å²) in [5.74, 6) is -0.234. The Morgan fingerprint density at radius 1 is 1.16 bits per heavy atom. The molecule has 1 amide bonds. The van der Waals surface area contributed by atoms with E-state index >= 15 is 0 Å². The number of anilines is 2. The zero-order valence-electron chi connectivity index (χ0n) is 16.2. The zero-order chi connectivity index (χ0) is 21.4. The van der Waals surface area contributed by atoms with Gasteiger partial charge in [0.1, 0.15) is 0 Å². The van der Waals surface area contributed by atoms with E-state index in [-0.39, 0.29) is 5.91 Å². The molecular formula is C22H17ClN4O2S2. The van der Waals surface area contributed by atoms with Gasteiger partial charge in [0.05, 0.1) is 21.1 Å². The lowest BCUT2D eigenvalue weighted by Gasteiger charge is -2.15. The number of thiophene rings is 1. The number of nitrogens with zero attached hydrogens (tertiary/aromatic N) is 2. The fourth-order valence-electron chi connectivity index (χ4n) is 3.47. The van der Waals surface area contributed by atoms with Crippen molar-refractivity contribution in [3.8, 4) is 11.3 Å². The molecule has 0 aliphatic carbocycles. The minimum Gasteiger partial charge on any atom is -0.322 e. The number of nitrogens with one attached hydrogen (secondary N) is 2. The van der Waals surface area contributed by atoms with E-state index in [0.717, 1.165) is 27.0 Å². The predicted octanol–water partition coefficient (Wildman–Crippen LogP) is 4.86.